The average molecular weight is 319 g/mol. The van der Waals surface area contributed by atoms with Gasteiger partial charge < -0.3 is 9.64 Å². The zero-order valence-electron chi connectivity index (χ0n) is 13.3. The van der Waals surface area contributed by atoms with E-state index < -0.39 is 0 Å². The number of carbonyl (C=O) groups excluding carboxylic acids is 1. The van der Waals surface area contributed by atoms with Crippen LogP contribution in [0, 0.1) is 5.92 Å². The Morgan fingerprint density at radius 3 is 2.64 bits per heavy atom. The highest BCUT2D eigenvalue weighted by molar-refractivity contribution is 7.98. The molecule has 4 heteroatoms. The lowest BCUT2D eigenvalue weighted by Crippen LogP contribution is -2.40. The van der Waals surface area contributed by atoms with E-state index in [0.717, 1.165) is 38.1 Å². The number of nitrogens with zero attached hydrogens (tertiary/aromatic N) is 1. The summed E-state index contributed by atoms with van der Waals surface area (Å²) in [6, 6.07) is 8.27. The summed E-state index contributed by atoms with van der Waals surface area (Å²) in [5.74, 6) is 0.812. The quantitative estimate of drug-likeness (QED) is 0.438. The van der Waals surface area contributed by atoms with Gasteiger partial charge in [0.1, 0.15) is 0 Å². The Kier molecular flexibility index (Phi) is 7.00. The van der Waals surface area contributed by atoms with Gasteiger partial charge in [-0.05, 0) is 42.7 Å². The standard InChI is InChI=1S/C18H25NO2S/c1-3-12-21-14-16-8-10-19(11-9-16)18(20)13-15-4-6-17(22-2)7-5-15/h3-7,16H,1,8-14H2,2H3. The summed E-state index contributed by atoms with van der Waals surface area (Å²) in [5.41, 5.74) is 1.10. The van der Waals surface area contributed by atoms with Gasteiger partial charge in [-0.1, -0.05) is 18.2 Å². The summed E-state index contributed by atoms with van der Waals surface area (Å²) < 4.78 is 5.51. The van der Waals surface area contributed by atoms with Crippen LogP contribution in [-0.2, 0) is 16.0 Å². The molecule has 0 saturated carbocycles. The van der Waals surface area contributed by atoms with Crippen molar-refractivity contribution in [3.63, 3.8) is 0 Å². The SMILES string of the molecule is C=CCOCC1CCN(C(=O)Cc2ccc(SC)cc2)CC1. The van der Waals surface area contributed by atoms with Crippen molar-refractivity contribution in [3.05, 3.63) is 42.5 Å². The fourth-order valence-corrected chi connectivity index (χ4v) is 3.11. The Labute approximate surface area is 137 Å². The third-order valence-electron chi connectivity index (χ3n) is 4.07. The fourth-order valence-electron chi connectivity index (χ4n) is 2.70. The average Bonchev–Trinajstić information content (AvgIpc) is 2.56. The molecule has 0 unspecified atom stereocenters. The van der Waals surface area contributed by atoms with Crippen molar-refractivity contribution in [2.75, 3.05) is 32.6 Å². The fraction of sp³-hybridized carbons (Fsp3) is 0.500. The van der Waals surface area contributed by atoms with Crippen molar-refractivity contribution >= 4 is 17.7 Å². The molecule has 0 radical (unpaired) electrons. The van der Waals surface area contributed by atoms with Crippen LogP contribution in [0.25, 0.3) is 0 Å². The largest absolute Gasteiger partial charge is 0.377 e. The molecule has 0 N–H and O–H groups in total. The molecule has 1 aromatic rings. The summed E-state index contributed by atoms with van der Waals surface area (Å²) >= 11 is 1.72. The molecular formula is C18H25NO2S. The van der Waals surface area contributed by atoms with E-state index >= 15 is 0 Å². The lowest BCUT2D eigenvalue weighted by molar-refractivity contribution is -0.132. The van der Waals surface area contributed by atoms with E-state index in [1.807, 2.05) is 4.90 Å². The van der Waals surface area contributed by atoms with E-state index in [9.17, 15) is 4.79 Å². The summed E-state index contributed by atoms with van der Waals surface area (Å²) in [5, 5.41) is 0. The number of carbonyl (C=O) groups is 1. The highest BCUT2D eigenvalue weighted by Gasteiger charge is 2.22. The van der Waals surface area contributed by atoms with Gasteiger partial charge >= 0.3 is 0 Å². The number of likely N-dealkylation sites (tertiary alicyclic amines) is 1. The van der Waals surface area contributed by atoms with Crippen molar-refractivity contribution in [2.45, 2.75) is 24.2 Å². The topological polar surface area (TPSA) is 29.5 Å². The molecule has 0 aromatic heterocycles. The second-order valence-corrected chi connectivity index (χ2v) is 6.55. The summed E-state index contributed by atoms with van der Waals surface area (Å²) in [6.07, 6.45) is 6.42. The van der Waals surface area contributed by atoms with E-state index in [1.54, 1.807) is 17.8 Å². The van der Waals surface area contributed by atoms with Gasteiger partial charge in [-0.15, -0.1) is 18.3 Å². The lowest BCUT2D eigenvalue weighted by Gasteiger charge is -2.32. The summed E-state index contributed by atoms with van der Waals surface area (Å²) in [7, 11) is 0. The maximum absolute atomic E-state index is 12.4. The Morgan fingerprint density at radius 1 is 1.36 bits per heavy atom. The Bertz CT molecular complexity index is 478. The highest BCUT2D eigenvalue weighted by Crippen LogP contribution is 2.19. The van der Waals surface area contributed by atoms with Crippen LogP contribution in [0.1, 0.15) is 18.4 Å². The minimum absolute atomic E-state index is 0.238. The van der Waals surface area contributed by atoms with E-state index in [2.05, 4.69) is 37.1 Å². The monoisotopic (exact) mass is 319 g/mol. The van der Waals surface area contributed by atoms with Crippen molar-refractivity contribution in [1.29, 1.82) is 0 Å². The third-order valence-corrected chi connectivity index (χ3v) is 4.81. The molecule has 120 valence electrons. The maximum Gasteiger partial charge on any atom is 0.226 e. The first-order chi connectivity index (χ1) is 10.7. The first-order valence-corrected chi connectivity index (χ1v) is 9.04. The van der Waals surface area contributed by atoms with Crippen LogP contribution in [0.3, 0.4) is 0 Å². The molecule has 0 atom stereocenters. The number of rotatable bonds is 7. The summed E-state index contributed by atoms with van der Waals surface area (Å²) in [4.78, 5) is 15.6. The molecule has 1 fully saturated rings. The second kappa shape index (κ2) is 9.01. The minimum Gasteiger partial charge on any atom is -0.377 e. The number of ether oxygens (including phenoxy) is 1. The number of thioether (sulfide) groups is 1. The van der Waals surface area contributed by atoms with E-state index in [1.165, 1.54) is 4.90 Å². The predicted octanol–water partition coefficient (Wildman–Crippen LogP) is 3.39. The van der Waals surface area contributed by atoms with Gasteiger partial charge in [-0.3, -0.25) is 4.79 Å². The molecule has 1 aromatic carbocycles. The zero-order chi connectivity index (χ0) is 15.8. The molecule has 1 amide bonds. The molecule has 3 nitrogen and oxygen atoms in total. The molecule has 0 spiro atoms. The van der Waals surface area contributed by atoms with E-state index in [4.69, 9.17) is 4.74 Å². The van der Waals surface area contributed by atoms with Gasteiger partial charge in [0.2, 0.25) is 5.91 Å². The van der Waals surface area contributed by atoms with Gasteiger partial charge in [-0.2, -0.15) is 0 Å². The van der Waals surface area contributed by atoms with Crippen molar-refractivity contribution in [3.8, 4) is 0 Å². The van der Waals surface area contributed by atoms with Crippen LogP contribution in [0.2, 0.25) is 0 Å². The van der Waals surface area contributed by atoms with Crippen molar-refractivity contribution in [1.82, 2.24) is 4.90 Å². The van der Waals surface area contributed by atoms with Crippen LogP contribution in [0.15, 0.2) is 41.8 Å². The first kappa shape index (κ1) is 17.1. The number of amides is 1. The number of piperidine rings is 1. The molecule has 1 aliphatic heterocycles. The minimum atomic E-state index is 0.238. The molecule has 1 aliphatic rings. The van der Waals surface area contributed by atoms with Crippen LogP contribution in [-0.4, -0.2) is 43.4 Å². The number of benzene rings is 1. The molecule has 0 aliphatic carbocycles. The second-order valence-electron chi connectivity index (χ2n) is 5.68. The predicted molar refractivity (Wildman–Crippen MR) is 92.2 cm³/mol. The van der Waals surface area contributed by atoms with Gasteiger partial charge in [0.25, 0.3) is 0 Å². The van der Waals surface area contributed by atoms with E-state index in [-0.39, 0.29) is 5.91 Å². The summed E-state index contributed by atoms with van der Waals surface area (Å²) in [6.45, 7) is 6.75. The van der Waals surface area contributed by atoms with Gasteiger partial charge in [-0.25, -0.2) is 0 Å². The lowest BCUT2D eigenvalue weighted by atomic mass is 9.97. The molecule has 22 heavy (non-hydrogen) atoms. The van der Waals surface area contributed by atoms with Crippen molar-refractivity contribution < 1.29 is 9.53 Å². The molecule has 1 heterocycles. The Hall–Kier alpha value is -1.26. The Morgan fingerprint density at radius 2 is 2.05 bits per heavy atom. The van der Waals surface area contributed by atoms with Gasteiger partial charge in [0.05, 0.1) is 13.0 Å². The van der Waals surface area contributed by atoms with Crippen LogP contribution in [0.4, 0.5) is 0 Å². The third kappa shape index (κ3) is 5.18. The maximum atomic E-state index is 12.4. The number of hydrogen-bond acceptors (Lipinski definition) is 3. The molecule has 2 rings (SSSR count). The number of hydrogen-bond donors (Lipinski definition) is 0. The van der Waals surface area contributed by atoms with E-state index in [0.29, 0.717) is 18.9 Å². The highest BCUT2D eigenvalue weighted by atomic mass is 32.2. The molecule has 0 bridgehead atoms. The smallest absolute Gasteiger partial charge is 0.226 e. The van der Waals surface area contributed by atoms with Crippen molar-refractivity contribution in [2.24, 2.45) is 5.92 Å². The van der Waals surface area contributed by atoms with Crippen LogP contribution in [0.5, 0.6) is 0 Å². The zero-order valence-corrected chi connectivity index (χ0v) is 14.1. The Balaban J connectivity index is 1.75. The van der Waals surface area contributed by atoms with Gasteiger partial charge in [0.15, 0.2) is 0 Å². The van der Waals surface area contributed by atoms with Crippen LogP contribution < -0.4 is 0 Å². The molecule has 1 saturated heterocycles. The first-order valence-electron chi connectivity index (χ1n) is 7.82. The van der Waals surface area contributed by atoms with Gasteiger partial charge in [0, 0.05) is 24.6 Å². The van der Waals surface area contributed by atoms with Crippen LogP contribution >= 0.6 is 11.8 Å². The molecular weight excluding hydrogens is 294 g/mol. The normalized spacial score (nSPS) is 15.8.